The number of methoxy groups -OCH3 is 1. The van der Waals surface area contributed by atoms with E-state index in [0.717, 1.165) is 64.0 Å². The van der Waals surface area contributed by atoms with Gasteiger partial charge in [-0.3, -0.25) is 4.57 Å². The van der Waals surface area contributed by atoms with E-state index in [4.69, 9.17) is 9.47 Å². The molecule has 0 amide bonds. The van der Waals surface area contributed by atoms with Crippen LogP contribution in [0.4, 0.5) is 0 Å². The highest BCUT2D eigenvalue weighted by Gasteiger charge is 2.31. The van der Waals surface area contributed by atoms with E-state index in [1.165, 1.54) is 0 Å². The van der Waals surface area contributed by atoms with Gasteiger partial charge in [0.1, 0.15) is 0 Å². The standard InChI is InChI=1S/C31H32N4O4/c1-21-13-14-26-24(17-21)29(22-9-4-3-5-10-22)32-31(36)34(26)15-8-16-39-28-20-33-18-23-11-6-7-12-25(23)35(37)19-27(33)30(28)38-2/h3-5,9-10,12-14,17,19-20,23H,6-8,11,15-16,18H2,1-2H3/t23-/m0/s1. The minimum absolute atomic E-state index is 0.189. The van der Waals surface area contributed by atoms with Crippen LogP contribution in [0.25, 0.3) is 22.2 Å². The van der Waals surface area contributed by atoms with Gasteiger partial charge in [-0.1, -0.05) is 42.0 Å². The summed E-state index contributed by atoms with van der Waals surface area (Å²) in [5, 5.41) is 13.8. The molecule has 0 bridgehead atoms. The van der Waals surface area contributed by atoms with Gasteiger partial charge in [0.25, 0.3) is 0 Å². The van der Waals surface area contributed by atoms with Gasteiger partial charge in [0.15, 0.2) is 22.9 Å². The lowest BCUT2D eigenvalue weighted by molar-refractivity contribution is -0.406. The van der Waals surface area contributed by atoms with E-state index in [2.05, 4.69) is 21.7 Å². The summed E-state index contributed by atoms with van der Waals surface area (Å²) in [6, 6.07) is 15.9. The third-order valence-electron chi connectivity index (χ3n) is 7.65. The summed E-state index contributed by atoms with van der Waals surface area (Å²) >= 11 is 0. The number of benzene rings is 2. The molecule has 0 N–H and O–H groups in total. The first-order chi connectivity index (χ1) is 19.0. The summed E-state index contributed by atoms with van der Waals surface area (Å²) in [5.41, 5.74) is 4.87. The summed E-state index contributed by atoms with van der Waals surface area (Å²) in [6.07, 6.45) is 9.21. The van der Waals surface area contributed by atoms with Crippen LogP contribution < -0.4 is 15.2 Å². The Morgan fingerprint density at radius 2 is 2.03 bits per heavy atom. The zero-order valence-electron chi connectivity index (χ0n) is 22.3. The maximum atomic E-state index is 13.1. The molecule has 3 heterocycles. The Hall–Kier alpha value is -4.33. The van der Waals surface area contributed by atoms with Gasteiger partial charge in [-0.15, -0.1) is 0 Å². The summed E-state index contributed by atoms with van der Waals surface area (Å²) < 4.78 is 16.6. The molecule has 8 heteroatoms. The van der Waals surface area contributed by atoms with Gasteiger partial charge < -0.3 is 19.2 Å². The maximum Gasteiger partial charge on any atom is 0.348 e. The predicted octanol–water partition coefficient (Wildman–Crippen LogP) is 5.28. The second-order valence-corrected chi connectivity index (χ2v) is 10.3. The molecule has 39 heavy (non-hydrogen) atoms. The fraction of sp³-hybridized carbons (Fsp3) is 0.323. The van der Waals surface area contributed by atoms with Gasteiger partial charge in [-0.2, -0.15) is 9.72 Å². The first kappa shape index (κ1) is 25.0. The molecule has 8 nitrogen and oxygen atoms in total. The van der Waals surface area contributed by atoms with E-state index in [1.807, 2.05) is 55.6 Å². The number of hydroxylamine groups is 1. The second-order valence-electron chi connectivity index (χ2n) is 10.3. The van der Waals surface area contributed by atoms with Crippen LogP contribution in [0.1, 0.15) is 36.9 Å². The number of ether oxygens (including phenoxy) is 2. The molecular formula is C31H32N4O4. The van der Waals surface area contributed by atoms with Gasteiger partial charge >= 0.3 is 5.69 Å². The molecule has 0 unspecified atom stereocenters. The van der Waals surface area contributed by atoms with Crippen LogP contribution in [-0.4, -0.2) is 38.8 Å². The monoisotopic (exact) mass is 524 g/mol. The van der Waals surface area contributed by atoms with E-state index < -0.39 is 0 Å². The molecule has 0 saturated heterocycles. The number of hydrogen-bond acceptors (Lipinski definition) is 5. The van der Waals surface area contributed by atoms with Crippen LogP contribution in [0.15, 0.2) is 71.3 Å². The Labute approximate surface area is 227 Å². The van der Waals surface area contributed by atoms with Crippen molar-refractivity contribution in [1.29, 1.82) is 0 Å². The van der Waals surface area contributed by atoms with Crippen molar-refractivity contribution < 1.29 is 14.2 Å². The van der Waals surface area contributed by atoms with Gasteiger partial charge in [0.05, 0.1) is 37.0 Å². The molecule has 1 aliphatic carbocycles. The van der Waals surface area contributed by atoms with Crippen LogP contribution in [0.3, 0.4) is 0 Å². The Bertz CT molecular complexity index is 1650. The number of aromatic nitrogens is 3. The Morgan fingerprint density at radius 3 is 2.85 bits per heavy atom. The summed E-state index contributed by atoms with van der Waals surface area (Å²) in [5.74, 6) is 1.35. The van der Waals surface area contributed by atoms with Gasteiger partial charge in [-0.05, 0) is 50.8 Å². The highest BCUT2D eigenvalue weighted by molar-refractivity contribution is 5.92. The predicted molar refractivity (Wildman–Crippen MR) is 151 cm³/mol. The average Bonchev–Trinajstić information content (AvgIpc) is 3.20. The molecule has 2 aliphatic rings. The van der Waals surface area contributed by atoms with Crippen molar-refractivity contribution in [2.45, 2.75) is 45.7 Å². The number of rotatable bonds is 7. The normalized spacial score (nSPS) is 16.6. The fourth-order valence-electron chi connectivity index (χ4n) is 5.76. The Kier molecular flexibility index (Phi) is 6.69. The molecule has 2 aromatic carbocycles. The Balaban J connectivity index is 1.23. The third kappa shape index (κ3) is 4.71. The average molecular weight is 525 g/mol. The van der Waals surface area contributed by atoms with Crippen LogP contribution >= 0.6 is 0 Å². The topological polar surface area (TPSA) is 84.3 Å². The van der Waals surface area contributed by atoms with Gasteiger partial charge in [0, 0.05) is 24.0 Å². The van der Waals surface area contributed by atoms with E-state index in [1.54, 1.807) is 17.9 Å². The van der Waals surface area contributed by atoms with Crippen molar-refractivity contribution in [3.63, 3.8) is 0 Å². The van der Waals surface area contributed by atoms with E-state index >= 15 is 0 Å². The van der Waals surface area contributed by atoms with Gasteiger partial charge in [0.2, 0.25) is 6.21 Å². The first-order valence-electron chi connectivity index (χ1n) is 13.5. The van der Waals surface area contributed by atoms with Crippen molar-refractivity contribution in [3.8, 4) is 22.8 Å². The summed E-state index contributed by atoms with van der Waals surface area (Å²) in [4.78, 5) is 17.6. The minimum atomic E-state index is -0.278. The van der Waals surface area contributed by atoms with Crippen LogP contribution in [0, 0.1) is 18.0 Å². The van der Waals surface area contributed by atoms with Crippen molar-refractivity contribution in [2.75, 3.05) is 13.7 Å². The lowest BCUT2D eigenvalue weighted by Crippen LogP contribution is -2.25. The second kappa shape index (κ2) is 10.4. The van der Waals surface area contributed by atoms with Crippen LogP contribution in [0.5, 0.6) is 11.5 Å². The van der Waals surface area contributed by atoms with Crippen molar-refractivity contribution in [1.82, 2.24) is 14.1 Å². The lowest BCUT2D eigenvalue weighted by Gasteiger charge is -2.20. The third-order valence-corrected chi connectivity index (χ3v) is 7.65. The summed E-state index contributed by atoms with van der Waals surface area (Å²) in [6.45, 7) is 3.61. The molecule has 0 fully saturated rings. The lowest BCUT2D eigenvalue weighted by atomic mass is 9.92. The van der Waals surface area contributed by atoms with Crippen molar-refractivity contribution in [3.05, 3.63) is 93.4 Å². The molecule has 0 radical (unpaired) electrons. The molecule has 4 aromatic rings. The minimum Gasteiger partial charge on any atom is -0.618 e. The number of fused-ring (bicyclic) bond motifs is 3. The van der Waals surface area contributed by atoms with Gasteiger partial charge in [-0.25, -0.2) is 4.79 Å². The van der Waals surface area contributed by atoms with E-state index in [-0.39, 0.29) is 11.6 Å². The number of aryl methyl sites for hydroxylation is 2. The summed E-state index contributed by atoms with van der Waals surface area (Å²) in [7, 11) is 1.59. The fourth-order valence-corrected chi connectivity index (χ4v) is 5.76. The SMILES string of the molecule is COc1c(OCCCn2c(=O)nc(-c3ccccc3)c3cc(C)ccc32)cn2c1C=[N+]([O-])C1=CCCC[C@H]1C2. The zero-order valence-corrected chi connectivity index (χ0v) is 22.3. The molecule has 6 rings (SSSR count). The molecular weight excluding hydrogens is 492 g/mol. The van der Waals surface area contributed by atoms with E-state index in [0.29, 0.717) is 36.8 Å². The van der Waals surface area contributed by atoms with Crippen LogP contribution in [0.2, 0.25) is 0 Å². The highest BCUT2D eigenvalue weighted by Crippen LogP contribution is 2.37. The first-order valence-corrected chi connectivity index (χ1v) is 13.5. The number of allylic oxidation sites excluding steroid dienone is 2. The van der Waals surface area contributed by atoms with E-state index in [9.17, 15) is 10.0 Å². The largest absolute Gasteiger partial charge is 0.618 e. The molecule has 1 aliphatic heterocycles. The van der Waals surface area contributed by atoms with Crippen molar-refractivity contribution >= 4 is 17.1 Å². The maximum absolute atomic E-state index is 13.1. The molecule has 1 atom stereocenters. The molecule has 200 valence electrons. The molecule has 0 saturated carbocycles. The van der Waals surface area contributed by atoms with Crippen molar-refractivity contribution in [2.24, 2.45) is 5.92 Å². The molecule has 0 spiro atoms. The number of hydrogen-bond donors (Lipinski definition) is 0. The zero-order chi connectivity index (χ0) is 26.9. The quantitative estimate of drug-likeness (QED) is 0.187. The number of nitrogens with zero attached hydrogens (tertiary/aromatic N) is 4. The molecule has 2 aromatic heterocycles. The Morgan fingerprint density at radius 1 is 1.18 bits per heavy atom. The van der Waals surface area contributed by atoms with Crippen LogP contribution in [-0.2, 0) is 13.1 Å². The highest BCUT2D eigenvalue weighted by atomic mass is 16.5. The smallest absolute Gasteiger partial charge is 0.348 e.